The molecular formula is C18H37IN6. The molecule has 0 saturated carbocycles. The van der Waals surface area contributed by atoms with Gasteiger partial charge in [0.25, 0.3) is 0 Å². The molecular weight excluding hydrogens is 427 g/mol. The van der Waals surface area contributed by atoms with Crippen LogP contribution in [-0.2, 0) is 6.54 Å². The molecule has 1 aromatic heterocycles. The molecule has 2 N–H and O–H groups in total. The van der Waals surface area contributed by atoms with Gasteiger partial charge in [0.05, 0.1) is 6.20 Å². The largest absolute Gasteiger partial charge is 0.356 e. The number of guanidine groups is 1. The normalized spacial score (nSPS) is 12.8. The van der Waals surface area contributed by atoms with Crippen molar-refractivity contribution >= 4 is 29.9 Å². The minimum absolute atomic E-state index is 0. The van der Waals surface area contributed by atoms with Gasteiger partial charge in [0.1, 0.15) is 0 Å². The topological polar surface area (TPSA) is 57.5 Å². The zero-order valence-electron chi connectivity index (χ0n) is 16.6. The number of nitrogens with one attached hydrogen (secondary N) is 2. The van der Waals surface area contributed by atoms with Gasteiger partial charge in [0, 0.05) is 32.4 Å². The molecule has 0 bridgehead atoms. The molecule has 0 radical (unpaired) electrons. The minimum atomic E-state index is 0. The first-order chi connectivity index (χ1) is 11.6. The third-order valence-corrected chi connectivity index (χ3v) is 4.23. The highest BCUT2D eigenvalue weighted by atomic mass is 127. The lowest BCUT2D eigenvalue weighted by atomic mass is 10.2. The van der Waals surface area contributed by atoms with Crippen LogP contribution >= 0.6 is 24.0 Å². The van der Waals surface area contributed by atoms with E-state index < -0.39 is 0 Å². The average molecular weight is 464 g/mol. The van der Waals surface area contributed by atoms with E-state index in [9.17, 15) is 0 Å². The molecule has 0 aromatic carbocycles. The van der Waals surface area contributed by atoms with E-state index in [1.807, 2.05) is 17.9 Å². The van der Waals surface area contributed by atoms with Crippen molar-refractivity contribution in [3.8, 4) is 0 Å². The lowest BCUT2D eigenvalue weighted by Gasteiger charge is -2.21. The minimum Gasteiger partial charge on any atom is -0.356 e. The standard InChI is InChI=1S/C18H36N6.HI/c1-6-23(7-2)12-8-10-17(4)22-18(19-5)20-11-9-13-24-15-16(3)14-21-24;/h14-15,17H,6-13H2,1-5H3,(H2,19,20,22);1H. The van der Waals surface area contributed by atoms with Gasteiger partial charge in [-0.15, -0.1) is 24.0 Å². The fourth-order valence-corrected chi connectivity index (χ4v) is 2.70. The zero-order valence-corrected chi connectivity index (χ0v) is 18.9. The maximum atomic E-state index is 4.31. The van der Waals surface area contributed by atoms with Crippen molar-refractivity contribution in [2.75, 3.05) is 33.2 Å². The third-order valence-electron chi connectivity index (χ3n) is 4.23. The molecule has 0 aliphatic heterocycles. The molecule has 0 spiro atoms. The van der Waals surface area contributed by atoms with E-state index in [-0.39, 0.29) is 24.0 Å². The monoisotopic (exact) mass is 464 g/mol. The lowest BCUT2D eigenvalue weighted by Crippen LogP contribution is -2.43. The second-order valence-electron chi connectivity index (χ2n) is 6.35. The molecule has 1 rings (SSSR count). The first kappa shape index (κ1) is 24.2. The van der Waals surface area contributed by atoms with Crippen LogP contribution in [0, 0.1) is 6.92 Å². The Hall–Kier alpha value is -0.830. The molecule has 1 atom stereocenters. The highest BCUT2D eigenvalue weighted by Gasteiger charge is 2.06. The van der Waals surface area contributed by atoms with Gasteiger partial charge in [-0.3, -0.25) is 9.67 Å². The van der Waals surface area contributed by atoms with Crippen LogP contribution in [0.2, 0.25) is 0 Å². The second kappa shape index (κ2) is 14.4. The average Bonchev–Trinajstić information content (AvgIpc) is 2.99. The van der Waals surface area contributed by atoms with Crippen LogP contribution in [0.25, 0.3) is 0 Å². The highest BCUT2D eigenvalue weighted by molar-refractivity contribution is 14.0. The Balaban J connectivity index is 0.00000576. The number of aromatic nitrogens is 2. The number of hydrogen-bond acceptors (Lipinski definition) is 3. The first-order valence-electron chi connectivity index (χ1n) is 9.27. The van der Waals surface area contributed by atoms with Crippen molar-refractivity contribution in [2.24, 2.45) is 4.99 Å². The van der Waals surface area contributed by atoms with Crippen molar-refractivity contribution in [2.45, 2.75) is 59.5 Å². The van der Waals surface area contributed by atoms with Crippen molar-refractivity contribution in [3.05, 3.63) is 18.0 Å². The van der Waals surface area contributed by atoms with Gasteiger partial charge in [-0.05, 0) is 58.3 Å². The Morgan fingerprint density at radius 3 is 2.60 bits per heavy atom. The highest BCUT2D eigenvalue weighted by Crippen LogP contribution is 2.00. The van der Waals surface area contributed by atoms with Gasteiger partial charge < -0.3 is 15.5 Å². The molecule has 1 unspecified atom stereocenters. The Labute approximate surface area is 170 Å². The summed E-state index contributed by atoms with van der Waals surface area (Å²) < 4.78 is 1.99. The van der Waals surface area contributed by atoms with E-state index in [2.05, 4.69) is 59.5 Å². The smallest absolute Gasteiger partial charge is 0.191 e. The number of hydrogen-bond donors (Lipinski definition) is 2. The van der Waals surface area contributed by atoms with Crippen LogP contribution in [-0.4, -0.2) is 59.9 Å². The number of aryl methyl sites for hydroxylation is 2. The van der Waals surface area contributed by atoms with Crippen LogP contribution in [0.5, 0.6) is 0 Å². The molecule has 0 aliphatic rings. The van der Waals surface area contributed by atoms with Crippen LogP contribution in [0.4, 0.5) is 0 Å². The van der Waals surface area contributed by atoms with E-state index in [0.29, 0.717) is 6.04 Å². The molecule has 0 aliphatic carbocycles. The summed E-state index contributed by atoms with van der Waals surface area (Å²) in [5.74, 6) is 0.891. The molecule has 146 valence electrons. The molecule has 1 aromatic rings. The fraction of sp³-hybridized carbons (Fsp3) is 0.778. The lowest BCUT2D eigenvalue weighted by molar-refractivity contribution is 0.292. The number of nitrogens with zero attached hydrogens (tertiary/aromatic N) is 4. The summed E-state index contributed by atoms with van der Waals surface area (Å²) in [6.07, 6.45) is 7.37. The molecule has 0 fully saturated rings. The quantitative estimate of drug-likeness (QED) is 0.229. The van der Waals surface area contributed by atoms with E-state index >= 15 is 0 Å². The summed E-state index contributed by atoms with van der Waals surface area (Å²) >= 11 is 0. The molecule has 25 heavy (non-hydrogen) atoms. The van der Waals surface area contributed by atoms with Crippen LogP contribution in [0.1, 0.15) is 45.6 Å². The van der Waals surface area contributed by atoms with Crippen molar-refractivity contribution in [3.63, 3.8) is 0 Å². The molecule has 0 saturated heterocycles. The Morgan fingerprint density at radius 1 is 1.32 bits per heavy atom. The Morgan fingerprint density at radius 2 is 2.04 bits per heavy atom. The predicted molar refractivity (Wildman–Crippen MR) is 118 cm³/mol. The Bertz CT molecular complexity index is 470. The second-order valence-corrected chi connectivity index (χ2v) is 6.35. The van der Waals surface area contributed by atoms with E-state index in [1.165, 1.54) is 18.5 Å². The summed E-state index contributed by atoms with van der Waals surface area (Å²) in [5.41, 5.74) is 1.21. The molecule has 0 amide bonds. The van der Waals surface area contributed by atoms with Gasteiger partial charge in [-0.2, -0.15) is 5.10 Å². The van der Waals surface area contributed by atoms with Crippen molar-refractivity contribution in [1.29, 1.82) is 0 Å². The van der Waals surface area contributed by atoms with Gasteiger partial charge >= 0.3 is 0 Å². The van der Waals surface area contributed by atoms with Gasteiger partial charge in [-0.1, -0.05) is 13.8 Å². The summed E-state index contributed by atoms with van der Waals surface area (Å²) in [4.78, 5) is 6.78. The summed E-state index contributed by atoms with van der Waals surface area (Å²) in [5, 5.41) is 11.2. The third kappa shape index (κ3) is 10.7. The number of aliphatic imine (C=N–C) groups is 1. The van der Waals surface area contributed by atoms with Gasteiger partial charge in [-0.25, -0.2) is 0 Å². The molecule has 1 heterocycles. The molecule has 7 heteroatoms. The fourth-order valence-electron chi connectivity index (χ4n) is 2.70. The van der Waals surface area contributed by atoms with Crippen LogP contribution in [0.15, 0.2) is 17.4 Å². The van der Waals surface area contributed by atoms with Crippen LogP contribution < -0.4 is 10.6 Å². The van der Waals surface area contributed by atoms with Crippen molar-refractivity contribution in [1.82, 2.24) is 25.3 Å². The van der Waals surface area contributed by atoms with Gasteiger partial charge in [0.2, 0.25) is 0 Å². The maximum absolute atomic E-state index is 4.31. The van der Waals surface area contributed by atoms with E-state index in [4.69, 9.17) is 0 Å². The predicted octanol–water partition coefficient (Wildman–Crippen LogP) is 2.88. The van der Waals surface area contributed by atoms with E-state index in [1.54, 1.807) is 0 Å². The number of halogens is 1. The first-order valence-corrected chi connectivity index (χ1v) is 9.27. The summed E-state index contributed by atoms with van der Waals surface area (Å²) in [7, 11) is 1.83. The van der Waals surface area contributed by atoms with Crippen molar-refractivity contribution < 1.29 is 0 Å². The molecule has 6 nitrogen and oxygen atoms in total. The SMILES string of the molecule is CCN(CC)CCCC(C)NC(=NC)NCCCn1cc(C)cn1.I. The zero-order chi connectivity index (χ0) is 17.8. The number of rotatable bonds is 11. The Kier molecular flexibility index (Phi) is 13.9. The van der Waals surface area contributed by atoms with Crippen LogP contribution in [0.3, 0.4) is 0 Å². The summed E-state index contributed by atoms with van der Waals surface area (Å²) in [6, 6.07) is 0.431. The van der Waals surface area contributed by atoms with Gasteiger partial charge in [0.15, 0.2) is 5.96 Å². The maximum Gasteiger partial charge on any atom is 0.191 e. The van der Waals surface area contributed by atoms with E-state index in [0.717, 1.165) is 45.0 Å². The summed E-state index contributed by atoms with van der Waals surface area (Å²) in [6.45, 7) is 14.0.